The van der Waals surface area contributed by atoms with Gasteiger partial charge >= 0.3 is 0 Å². The van der Waals surface area contributed by atoms with E-state index in [9.17, 15) is 4.79 Å². The lowest BCUT2D eigenvalue weighted by molar-refractivity contribution is 0.0965. The summed E-state index contributed by atoms with van der Waals surface area (Å²) in [5.74, 6) is 5.79. The molecule has 5 heteroatoms. The van der Waals surface area contributed by atoms with Crippen LogP contribution in [0.2, 0.25) is 0 Å². The standard InChI is InChI=1S/C12H10N4O/c13-16-15-6-2-1-3-9-4-5-10-8-14-12(17)11(10)7-9/h4-5,7H,2,6,8H2,(H,14,17). The number of amides is 1. The molecule has 1 aromatic rings. The van der Waals surface area contributed by atoms with Gasteiger partial charge in [0, 0.05) is 35.5 Å². The van der Waals surface area contributed by atoms with Crippen molar-refractivity contribution in [3.05, 3.63) is 45.3 Å². The molecule has 0 aliphatic carbocycles. The van der Waals surface area contributed by atoms with Crippen LogP contribution < -0.4 is 5.32 Å². The SMILES string of the molecule is [N-]=[N+]=NCCC#Cc1ccc2c(c1)C(=O)NC2. The van der Waals surface area contributed by atoms with Crippen LogP contribution in [0.5, 0.6) is 0 Å². The van der Waals surface area contributed by atoms with E-state index in [0.29, 0.717) is 25.1 Å². The maximum atomic E-state index is 11.4. The maximum absolute atomic E-state index is 11.4. The van der Waals surface area contributed by atoms with Crippen LogP contribution in [0, 0.1) is 11.8 Å². The average molecular weight is 226 g/mol. The van der Waals surface area contributed by atoms with Gasteiger partial charge in [0.1, 0.15) is 0 Å². The van der Waals surface area contributed by atoms with Gasteiger partial charge in [0.25, 0.3) is 5.91 Å². The van der Waals surface area contributed by atoms with E-state index < -0.39 is 0 Å². The fraction of sp³-hybridized carbons (Fsp3) is 0.250. The Labute approximate surface area is 98.5 Å². The first-order valence-corrected chi connectivity index (χ1v) is 5.22. The van der Waals surface area contributed by atoms with E-state index in [1.165, 1.54) is 0 Å². The van der Waals surface area contributed by atoms with Gasteiger partial charge in [-0.3, -0.25) is 4.79 Å². The van der Waals surface area contributed by atoms with Crippen molar-refractivity contribution < 1.29 is 4.79 Å². The molecular formula is C12H10N4O. The Morgan fingerprint density at radius 1 is 1.53 bits per heavy atom. The number of nitrogens with one attached hydrogen (secondary N) is 1. The first-order valence-electron chi connectivity index (χ1n) is 5.22. The molecule has 0 saturated heterocycles. The van der Waals surface area contributed by atoms with Gasteiger partial charge < -0.3 is 5.32 Å². The van der Waals surface area contributed by atoms with Crippen molar-refractivity contribution in [2.24, 2.45) is 5.11 Å². The van der Waals surface area contributed by atoms with E-state index >= 15 is 0 Å². The number of carbonyl (C=O) groups excluding carboxylic acids is 1. The molecule has 1 heterocycles. The third-order valence-corrected chi connectivity index (χ3v) is 2.43. The molecule has 0 unspecified atom stereocenters. The van der Waals surface area contributed by atoms with Crippen molar-refractivity contribution in [2.75, 3.05) is 6.54 Å². The van der Waals surface area contributed by atoms with Gasteiger partial charge in [-0.25, -0.2) is 0 Å². The van der Waals surface area contributed by atoms with Crippen LogP contribution in [-0.2, 0) is 6.54 Å². The topological polar surface area (TPSA) is 77.9 Å². The molecule has 17 heavy (non-hydrogen) atoms. The fourth-order valence-electron chi connectivity index (χ4n) is 1.61. The first-order chi connectivity index (χ1) is 8.31. The fourth-order valence-corrected chi connectivity index (χ4v) is 1.61. The van der Waals surface area contributed by atoms with Crippen LogP contribution in [0.15, 0.2) is 23.3 Å². The lowest BCUT2D eigenvalue weighted by Crippen LogP contribution is -2.12. The van der Waals surface area contributed by atoms with Crippen molar-refractivity contribution in [2.45, 2.75) is 13.0 Å². The molecule has 0 atom stereocenters. The Balaban J connectivity index is 2.10. The maximum Gasteiger partial charge on any atom is 0.251 e. The Hall–Kier alpha value is -2.44. The van der Waals surface area contributed by atoms with Gasteiger partial charge in [-0.1, -0.05) is 23.0 Å². The molecule has 5 nitrogen and oxygen atoms in total. The molecule has 0 saturated carbocycles. The van der Waals surface area contributed by atoms with Crippen LogP contribution in [0.4, 0.5) is 0 Å². The second-order valence-electron chi connectivity index (χ2n) is 3.56. The van der Waals surface area contributed by atoms with Crippen molar-refractivity contribution in [3.63, 3.8) is 0 Å². The minimum Gasteiger partial charge on any atom is -0.348 e. The van der Waals surface area contributed by atoms with Gasteiger partial charge in [0.05, 0.1) is 0 Å². The normalized spacial score (nSPS) is 11.9. The van der Waals surface area contributed by atoms with Crippen LogP contribution in [0.25, 0.3) is 10.4 Å². The smallest absolute Gasteiger partial charge is 0.251 e. The summed E-state index contributed by atoms with van der Waals surface area (Å²) in [4.78, 5) is 14.1. The summed E-state index contributed by atoms with van der Waals surface area (Å²) in [7, 11) is 0. The number of hydrogen-bond acceptors (Lipinski definition) is 2. The average Bonchev–Trinajstić information content (AvgIpc) is 2.71. The van der Waals surface area contributed by atoms with Crippen molar-refractivity contribution >= 4 is 5.91 Å². The minimum atomic E-state index is -0.0438. The van der Waals surface area contributed by atoms with Gasteiger partial charge in [-0.15, -0.1) is 0 Å². The number of benzene rings is 1. The largest absolute Gasteiger partial charge is 0.348 e. The van der Waals surface area contributed by atoms with Crippen LogP contribution in [-0.4, -0.2) is 12.5 Å². The summed E-state index contributed by atoms with van der Waals surface area (Å²) >= 11 is 0. The van der Waals surface area contributed by atoms with E-state index in [-0.39, 0.29) is 5.91 Å². The highest BCUT2D eigenvalue weighted by Gasteiger charge is 2.17. The number of nitrogens with zero attached hydrogens (tertiary/aromatic N) is 3. The zero-order chi connectivity index (χ0) is 12.1. The predicted octanol–water partition coefficient (Wildman–Crippen LogP) is 1.98. The van der Waals surface area contributed by atoms with Crippen LogP contribution in [0.3, 0.4) is 0 Å². The zero-order valence-electron chi connectivity index (χ0n) is 9.10. The van der Waals surface area contributed by atoms with E-state index in [1.54, 1.807) is 6.07 Å². The third-order valence-electron chi connectivity index (χ3n) is 2.43. The Morgan fingerprint density at radius 2 is 2.41 bits per heavy atom. The van der Waals surface area contributed by atoms with Gasteiger partial charge in [0.2, 0.25) is 0 Å². The summed E-state index contributed by atoms with van der Waals surface area (Å²) in [6.07, 6.45) is 0.521. The Kier molecular flexibility index (Phi) is 3.29. The molecule has 1 aliphatic rings. The summed E-state index contributed by atoms with van der Waals surface area (Å²) in [5.41, 5.74) is 10.6. The molecule has 0 bridgehead atoms. The highest BCUT2D eigenvalue weighted by Crippen LogP contribution is 2.16. The number of fused-ring (bicyclic) bond motifs is 1. The van der Waals surface area contributed by atoms with Crippen molar-refractivity contribution in [1.82, 2.24) is 5.32 Å². The number of carbonyl (C=O) groups is 1. The second-order valence-corrected chi connectivity index (χ2v) is 3.56. The summed E-state index contributed by atoms with van der Waals surface area (Å²) < 4.78 is 0. The molecule has 1 amide bonds. The molecule has 1 N–H and O–H groups in total. The van der Waals surface area contributed by atoms with Crippen molar-refractivity contribution in [1.29, 1.82) is 0 Å². The molecular weight excluding hydrogens is 216 g/mol. The molecule has 0 aromatic heterocycles. The number of hydrogen-bond donors (Lipinski definition) is 1. The zero-order valence-corrected chi connectivity index (χ0v) is 9.10. The summed E-state index contributed by atoms with van der Waals surface area (Å²) in [6, 6.07) is 5.59. The van der Waals surface area contributed by atoms with E-state index in [0.717, 1.165) is 11.1 Å². The molecule has 1 aromatic carbocycles. The van der Waals surface area contributed by atoms with Gasteiger partial charge in [-0.2, -0.15) is 0 Å². The number of rotatable bonds is 2. The Bertz CT molecular complexity index is 562. The lowest BCUT2D eigenvalue weighted by atomic mass is 10.1. The minimum absolute atomic E-state index is 0.0438. The molecule has 2 rings (SSSR count). The molecule has 0 fully saturated rings. The lowest BCUT2D eigenvalue weighted by Gasteiger charge is -1.95. The summed E-state index contributed by atoms with van der Waals surface area (Å²) in [6.45, 7) is 0.966. The highest BCUT2D eigenvalue weighted by atomic mass is 16.1. The first kappa shape index (κ1) is 11.1. The van der Waals surface area contributed by atoms with Crippen LogP contribution in [0.1, 0.15) is 27.9 Å². The van der Waals surface area contributed by atoms with Crippen molar-refractivity contribution in [3.8, 4) is 11.8 Å². The predicted molar refractivity (Wildman–Crippen MR) is 63.1 cm³/mol. The monoisotopic (exact) mass is 226 g/mol. The number of azide groups is 1. The molecule has 0 radical (unpaired) electrons. The quantitative estimate of drug-likeness (QED) is 0.270. The third kappa shape index (κ3) is 2.57. The summed E-state index contributed by atoms with van der Waals surface area (Å²) in [5, 5.41) is 6.14. The Morgan fingerprint density at radius 3 is 3.24 bits per heavy atom. The van der Waals surface area contributed by atoms with E-state index in [4.69, 9.17) is 5.53 Å². The molecule has 84 valence electrons. The highest BCUT2D eigenvalue weighted by molar-refractivity contribution is 5.98. The van der Waals surface area contributed by atoms with E-state index in [1.807, 2.05) is 12.1 Å². The van der Waals surface area contributed by atoms with Gasteiger partial charge in [-0.05, 0) is 23.2 Å². The molecule has 1 aliphatic heterocycles. The van der Waals surface area contributed by atoms with Crippen LogP contribution >= 0.6 is 0 Å². The second kappa shape index (κ2) is 5.06. The van der Waals surface area contributed by atoms with Gasteiger partial charge in [0.15, 0.2) is 0 Å². The molecule has 0 spiro atoms. The van der Waals surface area contributed by atoms with E-state index in [2.05, 4.69) is 27.2 Å².